The van der Waals surface area contributed by atoms with Gasteiger partial charge in [0.15, 0.2) is 0 Å². The van der Waals surface area contributed by atoms with E-state index in [-0.39, 0.29) is 4.90 Å². The lowest BCUT2D eigenvalue weighted by atomic mass is 10.4. The van der Waals surface area contributed by atoms with Crippen molar-refractivity contribution >= 4 is 11.8 Å². The average Bonchev–Trinajstić information content (AvgIpc) is 2.32. The highest BCUT2D eigenvalue weighted by Gasteiger charge is 2.22. The first-order chi connectivity index (χ1) is 6.04. The quantitative estimate of drug-likeness (QED) is 0.242. The van der Waals surface area contributed by atoms with Crippen LogP contribution in [-0.2, 0) is 0 Å². The molecule has 5 N–H and O–H groups in total. The fraction of sp³-hybridized carbons (Fsp3) is 0. The van der Waals surface area contributed by atoms with Gasteiger partial charge < -0.3 is 16.0 Å². The Kier molecular flexibility index (Phi) is 3.57. The molecule has 0 aliphatic rings. The summed E-state index contributed by atoms with van der Waals surface area (Å²) in [5.41, 5.74) is 15.2. The Labute approximate surface area is 70.1 Å². The monoisotopic (exact) mass is 189 g/mol. The molecule has 13 heavy (non-hydrogen) atoms. The maximum Gasteiger partial charge on any atom is 0.386 e. The SMILES string of the molecule is N=[N+]=N.Nc1no[n+]([O-])c1C(=O)O. The smallest absolute Gasteiger partial charge is 0.386 e. The summed E-state index contributed by atoms with van der Waals surface area (Å²) in [5.74, 6) is -1.89. The lowest BCUT2D eigenvalue weighted by Crippen LogP contribution is -2.31. The van der Waals surface area contributed by atoms with Crippen molar-refractivity contribution in [1.29, 1.82) is 11.1 Å². The van der Waals surface area contributed by atoms with Gasteiger partial charge in [-0.25, -0.2) is 4.79 Å². The molecular formula is C3H5N6O4+. The molecule has 0 unspecified atom stereocenters. The van der Waals surface area contributed by atoms with Crippen molar-refractivity contribution in [3.63, 3.8) is 0 Å². The normalized spacial score (nSPS) is 8.00. The molecule has 0 amide bonds. The Morgan fingerprint density at radius 3 is 2.38 bits per heavy atom. The second-order valence-electron chi connectivity index (χ2n) is 1.58. The van der Waals surface area contributed by atoms with Gasteiger partial charge in [-0.2, -0.15) is 0 Å². The molecule has 0 fully saturated rings. The first-order valence-electron chi connectivity index (χ1n) is 2.66. The first-order valence-corrected chi connectivity index (χ1v) is 2.66. The fourth-order valence-corrected chi connectivity index (χ4v) is 0.446. The standard InChI is InChI=1S/C3H3N3O4.H2N3/c4-2-1(3(7)8)6(9)10-5-2;1-3-2/h(H2,4,5)(H,7,8);1-2H/q;+1. The van der Waals surface area contributed by atoms with E-state index >= 15 is 0 Å². The molecule has 1 aromatic heterocycles. The first kappa shape index (κ1) is 10.5. The fourth-order valence-electron chi connectivity index (χ4n) is 0.446. The zero-order valence-corrected chi connectivity index (χ0v) is 6.09. The van der Waals surface area contributed by atoms with Gasteiger partial charge in [0, 0.05) is 0 Å². The second-order valence-corrected chi connectivity index (χ2v) is 1.58. The van der Waals surface area contributed by atoms with Crippen molar-refractivity contribution in [2.45, 2.75) is 0 Å². The minimum Gasteiger partial charge on any atom is -0.475 e. The molecule has 0 radical (unpaired) electrons. The van der Waals surface area contributed by atoms with Crippen molar-refractivity contribution in [3.05, 3.63) is 10.9 Å². The van der Waals surface area contributed by atoms with Crippen LogP contribution in [0.25, 0.3) is 0 Å². The lowest BCUT2D eigenvalue weighted by Gasteiger charge is -1.85. The van der Waals surface area contributed by atoms with E-state index in [0.717, 1.165) is 0 Å². The van der Waals surface area contributed by atoms with E-state index in [9.17, 15) is 10.0 Å². The van der Waals surface area contributed by atoms with E-state index in [2.05, 4.69) is 9.79 Å². The Balaban J connectivity index is 0.000000424. The van der Waals surface area contributed by atoms with Crippen molar-refractivity contribution in [2.24, 2.45) is 0 Å². The molecular weight excluding hydrogens is 184 g/mol. The number of nitrogens with zero attached hydrogens (tertiary/aromatic N) is 3. The summed E-state index contributed by atoms with van der Waals surface area (Å²) in [6.45, 7) is 0. The number of nitrogen functional groups attached to an aromatic ring is 1. The van der Waals surface area contributed by atoms with E-state index in [0.29, 0.717) is 0 Å². The number of hydrogen-bond donors (Lipinski definition) is 4. The van der Waals surface area contributed by atoms with Gasteiger partial charge in [0.05, 0.1) is 5.16 Å². The van der Waals surface area contributed by atoms with Crippen LogP contribution in [0.4, 0.5) is 5.82 Å². The van der Waals surface area contributed by atoms with E-state index in [1.54, 1.807) is 0 Å². The van der Waals surface area contributed by atoms with Gasteiger partial charge in [0.2, 0.25) is 4.91 Å². The van der Waals surface area contributed by atoms with Crippen molar-refractivity contribution in [3.8, 4) is 0 Å². The molecule has 1 heterocycles. The highest BCUT2D eigenvalue weighted by molar-refractivity contribution is 5.88. The van der Waals surface area contributed by atoms with Gasteiger partial charge in [-0.3, -0.25) is 4.63 Å². The van der Waals surface area contributed by atoms with Gasteiger partial charge in [0.25, 0.3) is 0 Å². The summed E-state index contributed by atoms with van der Waals surface area (Å²) in [6.07, 6.45) is 0. The molecule has 1 rings (SSSR count). The summed E-state index contributed by atoms with van der Waals surface area (Å²) in [7, 11) is 0. The number of carbonyl (C=O) groups is 1. The molecule has 1 aromatic rings. The average molecular weight is 189 g/mol. The van der Waals surface area contributed by atoms with Crippen molar-refractivity contribution in [1.82, 2.24) is 10.1 Å². The predicted octanol–water partition coefficient (Wildman–Crippen LogP) is -1.30. The molecule has 0 aliphatic carbocycles. The van der Waals surface area contributed by atoms with Gasteiger partial charge in [-0.15, -0.1) is 0 Å². The van der Waals surface area contributed by atoms with E-state index in [4.69, 9.17) is 21.9 Å². The molecule has 0 saturated carbocycles. The highest BCUT2D eigenvalue weighted by Crippen LogP contribution is 1.99. The molecule has 0 bridgehead atoms. The Morgan fingerprint density at radius 2 is 2.23 bits per heavy atom. The zero-order valence-electron chi connectivity index (χ0n) is 6.09. The van der Waals surface area contributed by atoms with Gasteiger partial charge in [-0.1, -0.05) is 0 Å². The molecule has 0 aromatic carbocycles. The third-order valence-corrected chi connectivity index (χ3v) is 0.841. The molecule has 0 aliphatic heterocycles. The Morgan fingerprint density at radius 1 is 1.77 bits per heavy atom. The highest BCUT2D eigenvalue weighted by atomic mass is 16.8. The maximum atomic E-state index is 10.3. The minimum absolute atomic E-state index is 0.266. The predicted molar refractivity (Wildman–Crippen MR) is 34.4 cm³/mol. The molecule has 0 atom stereocenters. The Bertz CT molecular complexity index is 318. The van der Waals surface area contributed by atoms with Crippen molar-refractivity contribution < 1.29 is 19.4 Å². The molecule has 70 valence electrons. The van der Waals surface area contributed by atoms with Crippen LogP contribution in [0.2, 0.25) is 0 Å². The summed E-state index contributed by atoms with van der Waals surface area (Å²) >= 11 is 0. The summed E-state index contributed by atoms with van der Waals surface area (Å²) in [4.78, 5) is 11.8. The number of nitrogens with two attached hydrogens (primary N) is 1. The number of aromatic nitrogens is 2. The second kappa shape index (κ2) is 4.41. The molecule has 10 heteroatoms. The van der Waals surface area contributed by atoms with E-state index in [1.165, 1.54) is 0 Å². The molecule has 10 nitrogen and oxygen atoms in total. The summed E-state index contributed by atoms with van der Waals surface area (Å²) in [5, 5.41) is 21.5. The van der Waals surface area contributed by atoms with Gasteiger partial charge in [0.1, 0.15) is 11.1 Å². The molecule has 0 spiro atoms. The topological polar surface area (TPSA) is 178 Å². The van der Waals surface area contributed by atoms with Crippen LogP contribution in [0.3, 0.4) is 0 Å². The molecule has 0 saturated heterocycles. The van der Waals surface area contributed by atoms with Gasteiger partial charge >= 0.3 is 17.5 Å². The summed E-state index contributed by atoms with van der Waals surface area (Å²) < 4.78 is 3.86. The number of aromatic carboxylic acids is 1. The van der Waals surface area contributed by atoms with Crippen LogP contribution in [0.1, 0.15) is 10.5 Å². The van der Waals surface area contributed by atoms with E-state index in [1.807, 2.05) is 4.91 Å². The number of anilines is 1. The zero-order chi connectivity index (χ0) is 10.4. The van der Waals surface area contributed by atoms with E-state index < -0.39 is 17.5 Å². The number of rotatable bonds is 1. The minimum atomic E-state index is -1.46. The number of hydrogen-bond acceptors (Lipinski definition) is 7. The van der Waals surface area contributed by atoms with Crippen molar-refractivity contribution in [2.75, 3.05) is 5.73 Å². The number of carboxylic acid groups (broad SMARTS) is 1. The lowest BCUT2D eigenvalue weighted by molar-refractivity contribution is -0.804. The van der Waals surface area contributed by atoms with Gasteiger partial charge in [-0.05, 0) is 4.90 Å². The third-order valence-electron chi connectivity index (χ3n) is 0.841. The van der Waals surface area contributed by atoms with Crippen LogP contribution in [0.15, 0.2) is 4.63 Å². The van der Waals surface area contributed by atoms with Crippen LogP contribution in [-0.4, -0.2) is 16.2 Å². The Hall–Kier alpha value is -2.48. The number of nitrogens with one attached hydrogen (secondary N) is 2. The third kappa shape index (κ3) is 2.55. The number of carboxylic acids is 1. The van der Waals surface area contributed by atoms with Crippen LogP contribution >= 0.6 is 0 Å². The summed E-state index contributed by atoms with van der Waals surface area (Å²) in [6, 6.07) is 0. The van der Waals surface area contributed by atoms with Crippen LogP contribution in [0.5, 0.6) is 0 Å². The van der Waals surface area contributed by atoms with Crippen LogP contribution in [0, 0.1) is 16.3 Å². The van der Waals surface area contributed by atoms with Crippen LogP contribution < -0.4 is 15.5 Å². The maximum absolute atomic E-state index is 10.3. The largest absolute Gasteiger partial charge is 0.475 e.